The number of rotatable bonds is 2. The summed E-state index contributed by atoms with van der Waals surface area (Å²) in [5.41, 5.74) is 7.74. The number of nitrogens with one attached hydrogen (secondary N) is 1. The van der Waals surface area contributed by atoms with Crippen molar-refractivity contribution < 1.29 is 0 Å². The Bertz CT molecular complexity index is 484. The molecule has 0 bridgehead atoms. The normalized spacial score (nSPS) is 14.4. The largest absolute Gasteiger partial charge is 0.526 e. The number of allylic oxidation sites excluding steroid dienone is 5. The highest BCUT2D eigenvalue weighted by atomic mass is 15.2. The van der Waals surface area contributed by atoms with Gasteiger partial charge in [-0.25, -0.2) is 0 Å². The fourth-order valence-electron chi connectivity index (χ4n) is 1.63. The van der Waals surface area contributed by atoms with Crippen molar-refractivity contribution in [3.05, 3.63) is 57.8 Å². The second kappa shape index (κ2) is 5.00. The molecule has 0 saturated carbocycles. The number of hydrogen-bond donors (Lipinski definition) is 2. The van der Waals surface area contributed by atoms with E-state index >= 15 is 0 Å². The van der Waals surface area contributed by atoms with Crippen LogP contribution in [0, 0.1) is 18.6 Å². The van der Waals surface area contributed by atoms with Gasteiger partial charge in [-0.1, -0.05) is 0 Å². The molecule has 0 aliphatic carbocycles. The molecule has 0 radical (unpaired) electrons. The molecular weight excluding hydrogens is 214 g/mol. The zero-order valence-electron chi connectivity index (χ0n) is 9.78. The van der Waals surface area contributed by atoms with Crippen LogP contribution in [0.3, 0.4) is 0 Å². The van der Waals surface area contributed by atoms with Crippen molar-refractivity contribution in [3.63, 3.8) is 0 Å². The third-order valence-corrected chi connectivity index (χ3v) is 2.38. The van der Waals surface area contributed by atoms with Crippen LogP contribution in [0.25, 0.3) is 9.69 Å². The van der Waals surface area contributed by atoms with Crippen molar-refractivity contribution >= 4 is 5.84 Å². The van der Waals surface area contributed by atoms with Gasteiger partial charge in [-0.2, -0.15) is 9.69 Å². The van der Waals surface area contributed by atoms with E-state index < -0.39 is 0 Å². The first-order valence-corrected chi connectivity index (χ1v) is 4.95. The summed E-state index contributed by atoms with van der Waals surface area (Å²) in [5.74, 6) is 0.139. The van der Waals surface area contributed by atoms with E-state index in [1.807, 2.05) is 18.7 Å². The topological polar surface area (TPSA) is 61.8 Å². The molecule has 0 saturated heterocycles. The summed E-state index contributed by atoms with van der Waals surface area (Å²) < 4.78 is 0. The second-order valence-corrected chi connectivity index (χ2v) is 3.69. The van der Waals surface area contributed by atoms with Crippen LogP contribution >= 0.6 is 0 Å². The van der Waals surface area contributed by atoms with Gasteiger partial charge in [0.2, 0.25) is 0 Å². The molecule has 0 unspecified atom stereocenters. The van der Waals surface area contributed by atoms with E-state index in [1.54, 1.807) is 12.2 Å². The van der Waals surface area contributed by atoms with Gasteiger partial charge < -0.3 is 10.6 Å². The quantitative estimate of drug-likeness (QED) is 0.431. The lowest BCUT2D eigenvalue weighted by Gasteiger charge is -2.28. The Balaban J connectivity index is 3.16. The van der Waals surface area contributed by atoms with Crippen molar-refractivity contribution in [2.75, 3.05) is 6.54 Å². The molecule has 0 amide bonds. The van der Waals surface area contributed by atoms with Gasteiger partial charge in [0.05, 0.1) is 12.1 Å². The van der Waals surface area contributed by atoms with E-state index in [0.717, 1.165) is 11.4 Å². The van der Waals surface area contributed by atoms with E-state index in [4.69, 9.17) is 24.3 Å². The van der Waals surface area contributed by atoms with Gasteiger partial charge in [-0.3, -0.25) is 5.41 Å². The summed E-state index contributed by atoms with van der Waals surface area (Å²) in [6.45, 7) is 17.9. The number of hydrogen-bond acceptors (Lipinski definition) is 2. The maximum absolute atomic E-state index is 7.29. The minimum absolute atomic E-state index is 0.0613. The minimum atomic E-state index is 0.0613. The average Bonchev–Trinajstić information content (AvgIpc) is 2.25. The van der Waals surface area contributed by atoms with Crippen molar-refractivity contribution in [1.82, 2.24) is 4.90 Å². The van der Waals surface area contributed by atoms with E-state index in [2.05, 4.69) is 9.69 Å². The molecule has 5 heteroatoms. The van der Waals surface area contributed by atoms with Gasteiger partial charge in [-0.15, -0.1) is 0 Å². The van der Waals surface area contributed by atoms with Crippen LogP contribution in [-0.2, 0) is 0 Å². The minimum Gasteiger partial charge on any atom is -0.386 e. The molecule has 1 heterocycles. The lowest BCUT2D eigenvalue weighted by Crippen LogP contribution is -2.32. The molecule has 5 nitrogen and oxygen atoms in total. The Morgan fingerprint density at radius 2 is 1.76 bits per heavy atom. The van der Waals surface area contributed by atoms with E-state index in [0.29, 0.717) is 12.1 Å². The van der Waals surface area contributed by atoms with Gasteiger partial charge in [0.15, 0.2) is 0 Å². The first-order chi connectivity index (χ1) is 7.99. The molecule has 1 aliphatic rings. The van der Waals surface area contributed by atoms with Crippen molar-refractivity contribution in [2.24, 2.45) is 5.73 Å². The molecule has 0 spiro atoms. The molecular formula is C12H13N5. The van der Waals surface area contributed by atoms with Crippen molar-refractivity contribution in [1.29, 1.82) is 5.41 Å². The van der Waals surface area contributed by atoms with Crippen molar-refractivity contribution in [3.8, 4) is 0 Å². The maximum Gasteiger partial charge on any atom is 0.526 e. The molecule has 3 N–H and O–H groups in total. The Morgan fingerprint density at radius 1 is 1.29 bits per heavy atom. The van der Waals surface area contributed by atoms with Crippen LogP contribution in [0.2, 0.25) is 0 Å². The Kier molecular flexibility index (Phi) is 3.69. The molecule has 86 valence electrons. The summed E-state index contributed by atoms with van der Waals surface area (Å²) in [4.78, 5) is 8.24. The highest BCUT2D eigenvalue weighted by Crippen LogP contribution is 2.25. The standard InChI is InChI=1S/C12H13N5/c1-8-5-10(12(15-3)16-4)6-9(2)17(8)7-11(13)14/h5-6H,7H2,1-2H3,(H3,13,14). The van der Waals surface area contributed by atoms with Gasteiger partial charge >= 0.3 is 5.82 Å². The van der Waals surface area contributed by atoms with Crippen LogP contribution in [0.1, 0.15) is 13.8 Å². The molecule has 17 heavy (non-hydrogen) atoms. The molecule has 0 aromatic heterocycles. The third-order valence-electron chi connectivity index (χ3n) is 2.38. The highest BCUT2D eigenvalue weighted by molar-refractivity contribution is 5.79. The van der Waals surface area contributed by atoms with Gasteiger partial charge in [0, 0.05) is 11.4 Å². The Labute approximate surface area is 101 Å². The molecule has 0 aromatic rings. The fourth-order valence-corrected chi connectivity index (χ4v) is 1.63. The van der Waals surface area contributed by atoms with Gasteiger partial charge in [0.25, 0.3) is 0 Å². The monoisotopic (exact) mass is 227 g/mol. The summed E-state index contributed by atoms with van der Waals surface area (Å²) in [6.07, 6.45) is 3.53. The molecule has 1 aliphatic heterocycles. The summed E-state index contributed by atoms with van der Waals surface area (Å²) in [7, 11) is 0. The number of amidine groups is 1. The molecule has 1 rings (SSSR count). The second-order valence-electron chi connectivity index (χ2n) is 3.69. The van der Waals surface area contributed by atoms with Gasteiger partial charge in [0.1, 0.15) is 19.0 Å². The first kappa shape index (κ1) is 12.5. The fraction of sp³-hybridized carbons (Fsp3) is 0.250. The first-order valence-electron chi connectivity index (χ1n) is 4.95. The zero-order chi connectivity index (χ0) is 13.0. The zero-order valence-corrected chi connectivity index (χ0v) is 9.78. The van der Waals surface area contributed by atoms with Crippen LogP contribution < -0.4 is 5.73 Å². The molecule has 0 atom stereocenters. The number of nitrogens with zero attached hydrogens (tertiary/aromatic N) is 3. The van der Waals surface area contributed by atoms with Gasteiger partial charge in [-0.05, 0) is 26.0 Å². The van der Waals surface area contributed by atoms with E-state index in [1.165, 1.54) is 0 Å². The Morgan fingerprint density at radius 3 is 2.12 bits per heavy atom. The average molecular weight is 227 g/mol. The Hall–Kier alpha value is -2.53. The SMILES string of the molecule is [C-]#[N+]C([N+]#[C-])=C1C=C(C)N(CC(=N)N)C(C)=C1. The smallest absolute Gasteiger partial charge is 0.386 e. The maximum atomic E-state index is 7.29. The highest BCUT2D eigenvalue weighted by Gasteiger charge is 2.19. The van der Waals surface area contributed by atoms with Crippen LogP contribution in [-0.4, -0.2) is 17.3 Å². The molecule has 0 aromatic carbocycles. The summed E-state index contributed by atoms with van der Waals surface area (Å²) in [5, 5.41) is 7.29. The predicted octanol–water partition coefficient (Wildman–Crippen LogP) is 2.10. The van der Waals surface area contributed by atoms with Crippen LogP contribution in [0.15, 0.2) is 34.9 Å². The summed E-state index contributed by atoms with van der Waals surface area (Å²) >= 11 is 0. The summed E-state index contributed by atoms with van der Waals surface area (Å²) in [6, 6.07) is 0. The number of nitrogens with two attached hydrogens (primary N) is 1. The predicted molar refractivity (Wildman–Crippen MR) is 66.4 cm³/mol. The molecule has 0 fully saturated rings. The lowest BCUT2D eigenvalue weighted by molar-refractivity contribution is 0.479. The van der Waals surface area contributed by atoms with E-state index in [-0.39, 0.29) is 11.7 Å². The third kappa shape index (κ3) is 2.73. The van der Waals surface area contributed by atoms with Crippen LogP contribution in [0.5, 0.6) is 0 Å². The van der Waals surface area contributed by atoms with E-state index in [9.17, 15) is 0 Å². The van der Waals surface area contributed by atoms with Crippen LogP contribution in [0.4, 0.5) is 0 Å². The lowest BCUT2D eigenvalue weighted by atomic mass is 10.1. The van der Waals surface area contributed by atoms with Crippen molar-refractivity contribution in [2.45, 2.75) is 13.8 Å².